The van der Waals surface area contributed by atoms with Crippen molar-refractivity contribution >= 4 is 17.7 Å². The first kappa shape index (κ1) is 21.6. The Bertz CT molecular complexity index is 910. The van der Waals surface area contributed by atoms with Crippen LogP contribution in [0.2, 0.25) is 0 Å². The van der Waals surface area contributed by atoms with Gasteiger partial charge in [-0.2, -0.15) is 0 Å². The number of likely N-dealkylation sites (tertiary alicyclic amines) is 1. The molecule has 4 aliphatic rings. The van der Waals surface area contributed by atoms with Crippen LogP contribution in [0.25, 0.3) is 0 Å². The van der Waals surface area contributed by atoms with Crippen LogP contribution in [0.15, 0.2) is 18.2 Å². The van der Waals surface area contributed by atoms with Gasteiger partial charge in [-0.15, -0.1) is 0 Å². The summed E-state index contributed by atoms with van der Waals surface area (Å²) in [4.78, 5) is 40.9. The summed E-state index contributed by atoms with van der Waals surface area (Å²) in [7, 11) is 0. The number of piperidine rings is 1. The van der Waals surface area contributed by atoms with E-state index in [0.29, 0.717) is 36.6 Å². The Labute approximate surface area is 189 Å². The lowest BCUT2D eigenvalue weighted by Crippen LogP contribution is -2.59. The molecular weight excluding hydrogens is 406 g/mol. The lowest BCUT2D eigenvalue weighted by atomic mass is 9.78. The Hall–Kier alpha value is -2.25. The molecule has 2 saturated heterocycles. The monoisotopic (exact) mass is 439 g/mol. The molecule has 172 valence electrons. The summed E-state index contributed by atoms with van der Waals surface area (Å²) in [6.07, 6.45) is 7.21. The Morgan fingerprint density at radius 3 is 2.69 bits per heavy atom. The molecule has 0 bridgehead atoms. The minimum atomic E-state index is -0.552. The van der Waals surface area contributed by atoms with Crippen LogP contribution in [-0.4, -0.2) is 65.4 Å². The minimum absolute atomic E-state index is 0.0980. The van der Waals surface area contributed by atoms with Crippen molar-refractivity contribution in [3.8, 4) is 0 Å². The molecule has 3 aliphatic heterocycles. The quantitative estimate of drug-likeness (QED) is 0.688. The van der Waals surface area contributed by atoms with E-state index in [9.17, 15) is 14.4 Å². The molecule has 0 aromatic heterocycles. The molecule has 3 atom stereocenters. The summed E-state index contributed by atoms with van der Waals surface area (Å²) in [5, 5.41) is 2.37. The number of fused-ring (bicyclic) bond motifs is 1. The first-order valence-corrected chi connectivity index (χ1v) is 12.2. The van der Waals surface area contributed by atoms with Gasteiger partial charge in [0.25, 0.3) is 5.91 Å². The molecule has 1 N–H and O–H groups in total. The van der Waals surface area contributed by atoms with E-state index in [-0.39, 0.29) is 24.1 Å². The highest BCUT2D eigenvalue weighted by molar-refractivity contribution is 6.05. The van der Waals surface area contributed by atoms with E-state index in [2.05, 4.69) is 29.3 Å². The molecule has 32 heavy (non-hydrogen) atoms. The number of benzene rings is 1. The van der Waals surface area contributed by atoms with E-state index in [1.165, 1.54) is 31.2 Å². The van der Waals surface area contributed by atoms with Crippen molar-refractivity contribution in [1.82, 2.24) is 15.1 Å². The third-order valence-corrected chi connectivity index (χ3v) is 7.70. The molecule has 0 radical (unpaired) electrons. The summed E-state index contributed by atoms with van der Waals surface area (Å²) < 4.78 is 5.76. The minimum Gasteiger partial charge on any atom is -0.376 e. The molecule has 3 amide bonds. The van der Waals surface area contributed by atoms with Gasteiger partial charge in [0.2, 0.25) is 11.8 Å². The number of amides is 3. The number of imide groups is 1. The Morgan fingerprint density at radius 2 is 1.91 bits per heavy atom. The number of ether oxygens (including phenoxy) is 1. The number of carbonyl (C=O) groups is 3. The van der Waals surface area contributed by atoms with Crippen LogP contribution in [0.1, 0.15) is 66.9 Å². The summed E-state index contributed by atoms with van der Waals surface area (Å²) in [6, 6.07) is 6.27. The van der Waals surface area contributed by atoms with Crippen LogP contribution in [0.3, 0.4) is 0 Å². The number of hydrogen-bond donors (Lipinski definition) is 1. The molecule has 7 heteroatoms. The zero-order valence-electron chi connectivity index (χ0n) is 18.8. The van der Waals surface area contributed by atoms with E-state index in [4.69, 9.17) is 4.74 Å². The predicted molar refractivity (Wildman–Crippen MR) is 119 cm³/mol. The van der Waals surface area contributed by atoms with Gasteiger partial charge in [-0.3, -0.25) is 24.6 Å². The number of carbonyl (C=O) groups excluding carboxylic acids is 3. The van der Waals surface area contributed by atoms with Gasteiger partial charge in [-0.25, -0.2) is 0 Å². The molecule has 0 spiro atoms. The number of nitrogens with one attached hydrogen (secondary N) is 1. The second-order valence-corrected chi connectivity index (χ2v) is 9.74. The van der Waals surface area contributed by atoms with E-state index in [0.717, 1.165) is 31.7 Å². The molecule has 3 heterocycles. The zero-order chi connectivity index (χ0) is 22.2. The molecule has 7 nitrogen and oxygen atoms in total. The Morgan fingerprint density at radius 1 is 1.09 bits per heavy atom. The van der Waals surface area contributed by atoms with Gasteiger partial charge in [-0.05, 0) is 55.7 Å². The molecule has 5 rings (SSSR count). The standard InChI is InChI=1S/C25H33N3O4/c1-2-32-19-14-27(15-19)21-6-4-3-5-17(21)11-16-7-8-20-18(12-16)13-28(25(20)31)22-9-10-23(29)26-24(22)30/h7-8,12,17,19,21-22H,2-6,9-11,13-15H2,1H3,(H,26,29,30)/t17-,21+,22?/m1/s1. The summed E-state index contributed by atoms with van der Waals surface area (Å²) in [5.41, 5.74) is 2.98. The van der Waals surface area contributed by atoms with Gasteiger partial charge in [0, 0.05) is 44.3 Å². The average molecular weight is 440 g/mol. The van der Waals surface area contributed by atoms with Gasteiger partial charge in [-0.1, -0.05) is 25.0 Å². The van der Waals surface area contributed by atoms with Crippen LogP contribution in [0.4, 0.5) is 0 Å². The number of hydrogen-bond acceptors (Lipinski definition) is 5. The fourth-order valence-electron chi connectivity index (χ4n) is 6.05. The maximum absolute atomic E-state index is 12.9. The van der Waals surface area contributed by atoms with Gasteiger partial charge in [0.15, 0.2) is 0 Å². The Balaban J connectivity index is 1.26. The smallest absolute Gasteiger partial charge is 0.255 e. The van der Waals surface area contributed by atoms with Crippen LogP contribution in [0, 0.1) is 5.92 Å². The number of nitrogens with zero attached hydrogens (tertiary/aromatic N) is 2. The van der Waals surface area contributed by atoms with Crippen molar-refractivity contribution in [1.29, 1.82) is 0 Å². The zero-order valence-corrected chi connectivity index (χ0v) is 18.8. The number of rotatable bonds is 6. The highest BCUT2D eigenvalue weighted by Crippen LogP contribution is 2.35. The lowest BCUT2D eigenvalue weighted by molar-refractivity contribution is -0.136. The average Bonchev–Trinajstić information content (AvgIpc) is 3.07. The third-order valence-electron chi connectivity index (χ3n) is 7.70. The largest absolute Gasteiger partial charge is 0.376 e. The van der Waals surface area contributed by atoms with Gasteiger partial charge in [0.1, 0.15) is 6.04 Å². The molecular formula is C25H33N3O4. The van der Waals surface area contributed by atoms with Gasteiger partial charge >= 0.3 is 0 Å². The van der Waals surface area contributed by atoms with E-state index in [1.54, 1.807) is 4.90 Å². The highest BCUT2D eigenvalue weighted by atomic mass is 16.5. The van der Waals surface area contributed by atoms with Crippen LogP contribution < -0.4 is 5.32 Å². The molecule has 3 fully saturated rings. The molecule has 1 saturated carbocycles. The second kappa shape index (κ2) is 8.94. The van der Waals surface area contributed by atoms with E-state index >= 15 is 0 Å². The first-order valence-electron chi connectivity index (χ1n) is 12.2. The summed E-state index contributed by atoms with van der Waals surface area (Å²) >= 11 is 0. The third kappa shape index (κ3) is 4.08. The first-order chi connectivity index (χ1) is 15.5. The van der Waals surface area contributed by atoms with Crippen molar-refractivity contribution in [3.63, 3.8) is 0 Å². The topological polar surface area (TPSA) is 79.0 Å². The maximum Gasteiger partial charge on any atom is 0.255 e. The molecule has 1 aromatic carbocycles. The van der Waals surface area contributed by atoms with Crippen molar-refractivity contribution in [3.05, 3.63) is 34.9 Å². The normalized spacial score (nSPS) is 29.1. The van der Waals surface area contributed by atoms with E-state index < -0.39 is 6.04 Å². The van der Waals surface area contributed by atoms with Gasteiger partial charge < -0.3 is 9.64 Å². The molecule has 1 aliphatic carbocycles. The fourth-order valence-corrected chi connectivity index (χ4v) is 6.05. The molecule has 1 unspecified atom stereocenters. The summed E-state index contributed by atoms with van der Waals surface area (Å²) in [5.74, 6) is -0.0750. The van der Waals surface area contributed by atoms with Crippen molar-refractivity contribution in [2.24, 2.45) is 5.92 Å². The van der Waals surface area contributed by atoms with Gasteiger partial charge in [0.05, 0.1) is 6.10 Å². The SMILES string of the molecule is CCOC1CN([C@H]2CCCC[C@@H]2Cc2ccc3c(c2)CN(C2CCC(=O)NC2=O)C3=O)C1. The van der Waals surface area contributed by atoms with Crippen LogP contribution in [0.5, 0.6) is 0 Å². The Kier molecular flexibility index (Phi) is 6.03. The lowest BCUT2D eigenvalue weighted by Gasteiger charge is -2.48. The van der Waals surface area contributed by atoms with Crippen LogP contribution >= 0.6 is 0 Å². The summed E-state index contributed by atoms with van der Waals surface area (Å²) in [6.45, 7) is 5.40. The second-order valence-electron chi connectivity index (χ2n) is 9.74. The van der Waals surface area contributed by atoms with Crippen molar-refractivity contribution in [2.45, 2.75) is 76.6 Å². The van der Waals surface area contributed by atoms with Crippen LogP contribution in [-0.2, 0) is 27.3 Å². The molecule has 1 aromatic rings. The highest BCUT2D eigenvalue weighted by Gasteiger charge is 2.40. The fraction of sp³-hybridized carbons (Fsp3) is 0.640. The van der Waals surface area contributed by atoms with Crippen molar-refractivity contribution in [2.75, 3.05) is 19.7 Å². The van der Waals surface area contributed by atoms with E-state index in [1.807, 2.05) is 6.07 Å². The predicted octanol–water partition coefficient (Wildman–Crippen LogP) is 2.27. The maximum atomic E-state index is 12.9. The van der Waals surface area contributed by atoms with Crippen molar-refractivity contribution < 1.29 is 19.1 Å².